The van der Waals surface area contributed by atoms with Crippen LogP contribution in [0.1, 0.15) is 44.1 Å². The molecule has 2 N–H and O–H groups in total. The summed E-state index contributed by atoms with van der Waals surface area (Å²) in [6, 6.07) is 5.90. The lowest BCUT2D eigenvalue weighted by Gasteiger charge is -2.56. The highest BCUT2D eigenvalue weighted by atomic mass is 35.5. The Labute approximate surface area is 168 Å². The second kappa shape index (κ2) is 6.76. The maximum Gasteiger partial charge on any atom is 0.320 e. The molecule has 4 saturated carbocycles. The third-order valence-electron chi connectivity index (χ3n) is 6.65. The van der Waals surface area contributed by atoms with Gasteiger partial charge in [0.25, 0.3) is 0 Å². The van der Waals surface area contributed by atoms with Crippen molar-refractivity contribution in [1.82, 2.24) is 15.1 Å². The van der Waals surface area contributed by atoms with Crippen molar-refractivity contribution in [2.45, 2.75) is 50.6 Å². The molecule has 4 fully saturated rings. The zero-order valence-corrected chi connectivity index (χ0v) is 16.4. The van der Waals surface area contributed by atoms with Gasteiger partial charge in [0.15, 0.2) is 5.82 Å². The molecule has 5 nitrogen and oxygen atoms in total. The van der Waals surface area contributed by atoms with Crippen LogP contribution >= 0.6 is 11.6 Å². The summed E-state index contributed by atoms with van der Waals surface area (Å²) in [6.45, 7) is 0.414. The molecule has 0 unspecified atom stereocenters. The normalized spacial score (nSPS) is 30.4. The van der Waals surface area contributed by atoms with Crippen LogP contribution in [-0.4, -0.2) is 21.4 Å². The Kier molecular flexibility index (Phi) is 4.34. The molecule has 1 aromatic carbocycles. The molecule has 2 amide bonds. The molecular formula is C21H24ClFN4O. The van der Waals surface area contributed by atoms with E-state index in [2.05, 4.69) is 15.7 Å². The number of anilines is 1. The number of nitrogens with one attached hydrogen (secondary N) is 2. The number of carbonyl (C=O) groups excluding carboxylic acids is 1. The van der Waals surface area contributed by atoms with Gasteiger partial charge in [-0.1, -0.05) is 17.7 Å². The average Bonchev–Trinajstić information content (AvgIpc) is 3.02. The third kappa shape index (κ3) is 3.50. The Morgan fingerprint density at radius 3 is 2.50 bits per heavy atom. The lowest BCUT2D eigenvalue weighted by Crippen LogP contribution is -2.60. The van der Waals surface area contributed by atoms with E-state index in [1.165, 1.54) is 31.4 Å². The first kappa shape index (κ1) is 18.0. The van der Waals surface area contributed by atoms with E-state index in [0.717, 1.165) is 42.6 Å². The largest absolute Gasteiger partial charge is 0.332 e. The highest BCUT2D eigenvalue weighted by Gasteiger charge is 2.51. The number of amides is 2. The summed E-state index contributed by atoms with van der Waals surface area (Å²) < 4.78 is 14.9. The van der Waals surface area contributed by atoms with Crippen LogP contribution in [0.25, 0.3) is 0 Å². The van der Waals surface area contributed by atoms with E-state index >= 15 is 0 Å². The second-order valence-corrected chi connectivity index (χ2v) is 9.32. The zero-order chi connectivity index (χ0) is 19.3. The van der Waals surface area contributed by atoms with Crippen molar-refractivity contribution in [2.24, 2.45) is 17.8 Å². The lowest BCUT2D eigenvalue weighted by molar-refractivity contribution is -0.0127. The van der Waals surface area contributed by atoms with E-state index in [-0.39, 0.29) is 17.4 Å². The van der Waals surface area contributed by atoms with E-state index in [0.29, 0.717) is 17.4 Å². The number of hydrogen-bond acceptors (Lipinski definition) is 2. The van der Waals surface area contributed by atoms with Crippen molar-refractivity contribution < 1.29 is 9.18 Å². The smallest absolute Gasteiger partial charge is 0.320 e. The molecule has 7 heteroatoms. The molecule has 4 aliphatic rings. The maximum atomic E-state index is 13.2. The molecule has 0 aliphatic heterocycles. The van der Waals surface area contributed by atoms with E-state index in [9.17, 15) is 9.18 Å². The molecule has 0 radical (unpaired) electrons. The molecule has 28 heavy (non-hydrogen) atoms. The molecule has 0 spiro atoms. The molecule has 1 aromatic heterocycles. The van der Waals surface area contributed by atoms with Crippen molar-refractivity contribution in [3.63, 3.8) is 0 Å². The highest BCUT2D eigenvalue weighted by molar-refractivity contribution is 6.31. The first-order chi connectivity index (χ1) is 13.5. The average molecular weight is 403 g/mol. The fraction of sp³-hybridized carbons (Fsp3) is 0.524. The molecule has 0 atom stereocenters. The molecular weight excluding hydrogens is 379 g/mol. The minimum absolute atomic E-state index is 0.0248. The van der Waals surface area contributed by atoms with Gasteiger partial charge in [-0.05, 0) is 74.0 Å². The molecule has 4 aliphatic carbocycles. The molecule has 0 saturated heterocycles. The van der Waals surface area contributed by atoms with Crippen molar-refractivity contribution in [2.75, 3.05) is 5.32 Å². The van der Waals surface area contributed by atoms with Crippen LogP contribution in [0.2, 0.25) is 5.02 Å². The Morgan fingerprint density at radius 2 is 1.86 bits per heavy atom. The van der Waals surface area contributed by atoms with Crippen molar-refractivity contribution >= 4 is 23.4 Å². The second-order valence-electron chi connectivity index (χ2n) is 8.91. The van der Waals surface area contributed by atoms with Gasteiger partial charge in [0.1, 0.15) is 5.82 Å². The van der Waals surface area contributed by atoms with Gasteiger partial charge in [-0.25, -0.2) is 9.18 Å². The first-order valence-electron chi connectivity index (χ1n) is 10.0. The van der Waals surface area contributed by atoms with Gasteiger partial charge in [-0.15, -0.1) is 0 Å². The van der Waals surface area contributed by atoms with Crippen molar-refractivity contribution in [3.8, 4) is 0 Å². The number of nitrogens with zero attached hydrogens (tertiary/aromatic N) is 2. The van der Waals surface area contributed by atoms with Crippen LogP contribution in [0.4, 0.5) is 15.0 Å². The predicted molar refractivity (Wildman–Crippen MR) is 106 cm³/mol. The first-order valence-corrected chi connectivity index (χ1v) is 10.4. The van der Waals surface area contributed by atoms with Gasteiger partial charge in [0.2, 0.25) is 0 Å². The minimum atomic E-state index is -0.363. The molecule has 6 rings (SSSR count). The predicted octanol–water partition coefficient (Wildman–Crippen LogP) is 4.81. The van der Waals surface area contributed by atoms with Gasteiger partial charge >= 0.3 is 6.03 Å². The van der Waals surface area contributed by atoms with Gasteiger partial charge < -0.3 is 5.32 Å². The summed E-state index contributed by atoms with van der Waals surface area (Å²) >= 11 is 6.08. The van der Waals surface area contributed by atoms with Crippen molar-refractivity contribution in [1.29, 1.82) is 0 Å². The zero-order valence-electron chi connectivity index (χ0n) is 15.6. The van der Waals surface area contributed by atoms with E-state index < -0.39 is 0 Å². The topological polar surface area (TPSA) is 59.0 Å². The lowest BCUT2D eigenvalue weighted by atomic mass is 9.53. The summed E-state index contributed by atoms with van der Waals surface area (Å²) in [4.78, 5) is 12.6. The van der Waals surface area contributed by atoms with Crippen LogP contribution in [0, 0.1) is 23.6 Å². The molecule has 148 valence electrons. The number of hydrogen-bond donors (Lipinski definition) is 2. The fourth-order valence-electron chi connectivity index (χ4n) is 5.99. The van der Waals surface area contributed by atoms with E-state index in [1.807, 2.05) is 0 Å². The Balaban J connectivity index is 1.22. The van der Waals surface area contributed by atoms with Gasteiger partial charge in [0.05, 0.1) is 6.54 Å². The monoisotopic (exact) mass is 402 g/mol. The Morgan fingerprint density at radius 1 is 1.18 bits per heavy atom. The SMILES string of the molecule is O=C(Nc1ccn(Cc2ccc(F)cc2Cl)n1)NC12CC3CC(CC(C3)C1)C2. The summed E-state index contributed by atoms with van der Waals surface area (Å²) in [7, 11) is 0. The van der Waals surface area contributed by atoms with Gasteiger partial charge in [-0.3, -0.25) is 10.00 Å². The summed E-state index contributed by atoms with van der Waals surface area (Å²) in [5.41, 5.74) is 0.749. The van der Waals surface area contributed by atoms with E-state index in [4.69, 9.17) is 11.6 Å². The Hall–Kier alpha value is -2.08. The molecule has 2 aromatic rings. The quantitative estimate of drug-likeness (QED) is 0.770. The number of halogens is 2. The van der Waals surface area contributed by atoms with Gasteiger partial charge in [-0.2, -0.15) is 5.10 Å². The van der Waals surface area contributed by atoms with E-state index in [1.54, 1.807) is 23.0 Å². The summed E-state index contributed by atoms with van der Waals surface area (Å²) in [5, 5.41) is 10.9. The van der Waals surface area contributed by atoms with Crippen LogP contribution in [0.15, 0.2) is 30.5 Å². The minimum Gasteiger partial charge on any atom is -0.332 e. The standard InChI is InChI=1S/C21H24ClFN4O/c22-18-8-17(23)2-1-16(18)12-27-4-3-19(26-27)24-20(28)25-21-9-13-5-14(10-21)7-15(6-13)11-21/h1-4,8,13-15H,5-7,9-12H2,(H2,24,25,26,28). The Bertz CT molecular complexity index is 876. The number of urea groups is 1. The number of rotatable bonds is 4. The summed E-state index contributed by atoms with van der Waals surface area (Å²) in [6.07, 6.45) is 9.16. The molecule has 1 heterocycles. The van der Waals surface area contributed by atoms with Crippen LogP contribution in [-0.2, 0) is 6.54 Å². The third-order valence-corrected chi connectivity index (χ3v) is 7.00. The van der Waals surface area contributed by atoms with Crippen LogP contribution < -0.4 is 10.6 Å². The van der Waals surface area contributed by atoms with Crippen LogP contribution in [0.5, 0.6) is 0 Å². The van der Waals surface area contributed by atoms with Crippen LogP contribution in [0.3, 0.4) is 0 Å². The number of aromatic nitrogens is 2. The maximum absolute atomic E-state index is 13.2. The van der Waals surface area contributed by atoms with Crippen molar-refractivity contribution in [3.05, 3.63) is 46.9 Å². The highest BCUT2D eigenvalue weighted by Crippen LogP contribution is 2.55. The number of carbonyl (C=O) groups is 1. The fourth-order valence-corrected chi connectivity index (χ4v) is 6.22. The number of benzene rings is 1. The van der Waals surface area contributed by atoms with Gasteiger partial charge in [0, 0.05) is 22.8 Å². The molecule has 4 bridgehead atoms. The summed E-state index contributed by atoms with van der Waals surface area (Å²) in [5.74, 6) is 2.49.